The number of anilines is 3. The third-order valence-corrected chi connectivity index (χ3v) is 5.11. The molecule has 0 amide bonds. The van der Waals surface area contributed by atoms with Crippen LogP contribution in [0.4, 0.5) is 17.6 Å². The molecule has 0 saturated carbocycles. The second kappa shape index (κ2) is 7.44. The van der Waals surface area contributed by atoms with Gasteiger partial charge in [0.1, 0.15) is 11.6 Å². The predicted molar refractivity (Wildman–Crippen MR) is 113 cm³/mol. The molecule has 0 aliphatic carbocycles. The Bertz CT molecular complexity index is 1130. The van der Waals surface area contributed by atoms with Gasteiger partial charge in [0.25, 0.3) is 0 Å². The maximum absolute atomic E-state index is 13.0. The molecule has 1 atom stereocenters. The monoisotopic (exact) mass is 407 g/mol. The highest BCUT2D eigenvalue weighted by molar-refractivity contribution is 6.31. The van der Waals surface area contributed by atoms with Gasteiger partial charge in [-0.3, -0.25) is 0 Å². The Labute approximate surface area is 172 Å². The van der Waals surface area contributed by atoms with Crippen molar-refractivity contribution >= 4 is 40.9 Å². The summed E-state index contributed by atoms with van der Waals surface area (Å²) < 4.78 is 5.13. The van der Waals surface area contributed by atoms with Crippen LogP contribution in [0, 0.1) is 0 Å². The highest BCUT2D eigenvalue weighted by Gasteiger charge is 2.38. The van der Waals surface area contributed by atoms with Gasteiger partial charge in [-0.1, -0.05) is 60.1 Å². The Balaban J connectivity index is 2.08. The first kappa shape index (κ1) is 18.8. The zero-order valence-corrected chi connectivity index (χ0v) is 16.3. The lowest BCUT2D eigenvalue weighted by Crippen LogP contribution is -2.27. The first-order chi connectivity index (χ1) is 14.0. The number of benzene rings is 2. The number of rotatable bonds is 3. The van der Waals surface area contributed by atoms with Crippen LogP contribution >= 0.6 is 11.6 Å². The van der Waals surface area contributed by atoms with Gasteiger partial charge in [-0.2, -0.15) is 9.97 Å². The van der Waals surface area contributed by atoms with Crippen LogP contribution in [0.3, 0.4) is 0 Å². The first-order valence-electron chi connectivity index (χ1n) is 8.83. The summed E-state index contributed by atoms with van der Waals surface area (Å²) in [6, 6.07) is 16.7. The predicted octanol–water partition coefficient (Wildman–Crippen LogP) is 3.44. The fourth-order valence-corrected chi connectivity index (χ4v) is 3.79. The van der Waals surface area contributed by atoms with Crippen molar-refractivity contribution < 1.29 is 9.53 Å². The van der Waals surface area contributed by atoms with E-state index in [9.17, 15) is 4.79 Å². The standard InChI is InChI=1S/C21H18ClN5O2/c1-29-20(28)15-14(12-9-5-6-10-13(12)22)16-18(23)26-21(24)27-19(16)25-17(15)11-7-3-2-4-8-11/h2-10,14H,1H3,(H5,23,24,25,26,27). The van der Waals surface area contributed by atoms with Crippen molar-refractivity contribution in [1.82, 2.24) is 9.97 Å². The number of nitrogen functional groups attached to an aromatic ring is 2. The van der Waals surface area contributed by atoms with Crippen molar-refractivity contribution in [2.45, 2.75) is 5.92 Å². The smallest absolute Gasteiger partial charge is 0.336 e. The molecular formula is C21H18ClN5O2. The number of hydrogen-bond donors (Lipinski definition) is 3. The van der Waals surface area contributed by atoms with Gasteiger partial charge in [0.2, 0.25) is 5.95 Å². The van der Waals surface area contributed by atoms with Gasteiger partial charge < -0.3 is 21.5 Å². The maximum atomic E-state index is 13.0. The molecule has 1 unspecified atom stereocenters. The fraction of sp³-hybridized carbons (Fsp3) is 0.0952. The molecule has 1 aromatic heterocycles. The lowest BCUT2D eigenvalue weighted by atomic mass is 9.80. The molecule has 0 spiro atoms. The molecule has 8 heteroatoms. The van der Waals surface area contributed by atoms with E-state index in [0.717, 1.165) is 5.56 Å². The van der Waals surface area contributed by atoms with E-state index in [4.69, 9.17) is 27.8 Å². The maximum Gasteiger partial charge on any atom is 0.336 e. The van der Waals surface area contributed by atoms with Crippen molar-refractivity contribution in [3.05, 3.63) is 81.9 Å². The molecule has 4 rings (SSSR count). The van der Waals surface area contributed by atoms with Gasteiger partial charge in [-0.25, -0.2) is 4.79 Å². The van der Waals surface area contributed by atoms with Gasteiger partial charge in [-0.15, -0.1) is 0 Å². The van der Waals surface area contributed by atoms with Gasteiger partial charge in [0, 0.05) is 10.6 Å². The molecule has 5 N–H and O–H groups in total. The zero-order valence-electron chi connectivity index (χ0n) is 15.5. The van der Waals surface area contributed by atoms with Crippen LogP contribution in [0.15, 0.2) is 60.2 Å². The number of ether oxygens (including phenoxy) is 1. The fourth-order valence-electron chi connectivity index (χ4n) is 3.54. The topological polar surface area (TPSA) is 116 Å². The van der Waals surface area contributed by atoms with Gasteiger partial charge in [0.05, 0.1) is 24.3 Å². The third kappa shape index (κ3) is 3.25. The summed E-state index contributed by atoms with van der Waals surface area (Å²) in [6.07, 6.45) is 0. The Morgan fingerprint density at radius 2 is 1.76 bits per heavy atom. The number of aromatic nitrogens is 2. The summed E-state index contributed by atoms with van der Waals surface area (Å²) in [5, 5.41) is 3.69. The molecule has 1 aliphatic rings. The number of fused-ring (bicyclic) bond motifs is 1. The molecule has 0 radical (unpaired) electrons. The minimum absolute atomic E-state index is 0.0283. The van der Waals surface area contributed by atoms with E-state index in [-0.39, 0.29) is 11.8 Å². The van der Waals surface area contributed by atoms with Crippen LogP contribution in [-0.4, -0.2) is 23.0 Å². The van der Waals surface area contributed by atoms with Crippen LogP contribution < -0.4 is 16.8 Å². The van der Waals surface area contributed by atoms with E-state index in [1.54, 1.807) is 6.07 Å². The molecule has 0 saturated heterocycles. The number of halogens is 1. The SMILES string of the molecule is COC(=O)C1=C(c2ccccc2)Nc2nc(N)nc(N)c2C1c1ccccc1Cl. The van der Waals surface area contributed by atoms with Crippen molar-refractivity contribution in [1.29, 1.82) is 0 Å². The van der Waals surface area contributed by atoms with Gasteiger partial charge >= 0.3 is 5.97 Å². The molecule has 2 heterocycles. The molecule has 0 fully saturated rings. The van der Waals surface area contributed by atoms with E-state index < -0.39 is 11.9 Å². The Kier molecular flexibility index (Phi) is 4.82. The largest absolute Gasteiger partial charge is 0.466 e. The number of nitrogens with one attached hydrogen (secondary N) is 1. The van der Waals surface area contributed by atoms with Crippen LogP contribution in [0.1, 0.15) is 22.6 Å². The molecule has 0 bridgehead atoms. The second-order valence-corrected chi connectivity index (χ2v) is 6.86. The van der Waals surface area contributed by atoms with Gasteiger partial charge in [0.15, 0.2) is 0 Å². The molecular weight excluding hydrogens is 390 g/mol. The molecule has 29 heavy (non-hydrogen) atoms. The second-order valence-electron chi connectivity index (χ2n) is 6.46. The summed E-state index contributed by atoms with van der Waals surface area (Å²) in [5.41, 5.74) is 14.9. The summed E-state index contributed by atoms with van der Waals surface area (Å²) >= 11 is 6.51. The van der Waals surface area contributed by atoms with Crippen molar-refractivity contribution in [3.63, 3.8) is 0 Å². The zero-order chi connectivity index (χ0) is 20.5. The van der Waals surface area contributed by atoms with E-state index >= 15 is 0 Å². The van der Waals surface area contributed by atoms with Crippen LogP contribution in [0.25, 0.3) is 5.70 Å². The first-order valence-corrected chi connectivity index (χ1v) is 9.21. The van der Waals surface area contributed by atoms with E-state index in [0.29, 0.717) is 33.2 Å². The Hall–Kier alpha value is -3.58. The minimum atomic E-state index is -0.636. The average Bonchev–Trinajstić information content (AvgIpc) is 2.72. The van der Waals surface area contributed by atoms with Crippen molar-refractivity contribution in [2.24, 2.45) is 0 Å². The molecule has 3 aromatic rings. The Morgan fingerprint density at radius 3 is 2.45 bits per heavy atom. The number of carbonyl (C=O) groups excluding carboxylic acids is 1. The summed E-state index contributed by atoms with van der Waals surface area (Å²) in [6.45, 7) is 0. The van der Waals surface area contributed by atoms with Crippen LogP contribution in [0.2, 0.25) is 5.02 Å². The summed E-state index contributed by atoms with van der Waals surface area (Å²) in [5.74, 6) is -0.531. The molecule has 146 valence electrons. The van der Waals surface area contributed by atoms with E-state index in [1.165, 1.54) is 7.11 Å². The highest BCUT2D eigenvalue weighted by Crippen LogP contribution is 2.47. The third-order valence-electron chi connectivity index (χ3n) is 4.77. The summed E-state index contributed by atoms with van der Waals surface area (Å²) in [4.78, 5) is 21.4. The number of nitrogens with zero attached hydrogens (tertiary/aromatic N) is 2. The van der Waals surface area contributed by atoms with Crippen LogP contribution in [-0.2, 0) is 9.53 Å². The number of carbonyl (C=O) groups is 1. The number of esters is 1. The highest BCUT2D eigenvalue weighted by atomic mass is 35.5. The van der Waals surface area contributed by atoms with Gasteiger partial charge in [-0.05, 0) is 17.2 Å². The van der Waals surface area contributed by atoms with E-state index in [1.807, 2.05) is 48.5 Å². The lowest BCUT2D eigenvalue weighted by molar-refractivity contribution is -0.136. The Morgan fingerprint density at radius 1 is 1.07 bits per heavy atom. The number of nitrogens with two attached hydrogens (primary N) is 2. The molecule has 1 aliphatic heterocycles. The van der Waals surface area contributed by atoms with Crippen molar-refractivity contribution in [2.75, 3.05) is 23.9 Å². The van der Waals surface area contributed by atoms with Crippen molar-refractivity contribution in [3.8, 4) is 0 Å². The lowest BCUT2D eigenvalue weighted by Gasteiger charge is -2.31. The summed E-state index contributed by atoms with van der Waals surface area (Å²) in [7, 11) is 1.33. The number of methoxy groups -OCH3 is 1. The van der Waals surface area contributed by atoms with E-state index in [2.05, 4.69) is 15.3 Å². The number of hydrogen-bond acceptors (Lipinski definition) is 7. The minimum Gasteiger partial charge on any atom is -0.466 e. The van der Waals surface area contributed by atoms with Crippen LogP contribution in [0.5, 0.6) is 0 Å². The molecule has 7 nitrogen and oxygen atoms in total. The quantitative estimate of drug-likeness (QED) is 0.569. The normalized spacial score (nSPS) is 15.4. The molecule has 2 aromatic carbocycles. The average molecular weight is 408 g/mol.